The van der Waals surface area contributed by atoms with Gasteiger partial charge in [-0.3, -0.25) is 4.90 Å². The Kier molecular flexibility index (Phi) is 4.64. The van der Waals surface area contributed by atoms with Gasteiger partial charge in [0.1, 0.15) is 11.6 Å². The molecule has 0 bridgehead atoms. The van der Waals surface area contributed by atoms with Gasteiger partial charge in [0.25, 0.3) is 0 Å². The number of morpholine rings is 1. The summed E-state index contributed by atoms with van der Waals surface area (Å²) < 4.78 is 5.48. The molecule has 2 fully saturated rings. The number of anilines is 1. The monoisotopic (exact) mass is 304 g/mol. The van der Waals surface area contributed by atoms with Crippen LogP contribution in [0.15, 0.2) is 12.3 Å². The van der Waals surface area contributed by atoms with Crippen molar-refractivity contribution in [3.8, 4) is 0 Å². The predicted molar refractivity (Wildman–Crippen MR) is 88.4 cm³/mol. The first-order valence-corrected chi connectivity index (χ1v) is 8.44. The molecule has 0 saturated carbocycles. The molecule has 1 aromatic rings. The van der Waals surface area contributed by atoms with Crippen molar-refractivity contribution in [2.75, 3.05) is 44.3 Å². The second-order valence-electron chi connectivity index (χ2n) is 7.38. The number of piperidine rings is 1. The van der Waals surface area contributed by atoms with Crippen molar-refractivity contribution in [2.24, 2.45) is 0 Å². The summed E-state index contributed by atoms with van der Waals surface area (Å²) in [6.45, 7) is 12.5. The highest BCUT2D eigenvalue weighted by Crippen LogP contribution is 2.24. The van der Waals surface area contributed by atoms with Crippen molar-refractivity contribution in [3.05, 3.63) is 18.1 Å². The average molecular weight is 304 g/mol. The Balaban J connectivity index is 1.71. The zero-order chi connectivity index (χ0) is 15.6. The second kappa shape index (κ2) is 6.50. The normalized spacial score (nSPS) is 24.5. The minimum atomic E-state index is -0.00456. The third-order valence-electron chi connectivity index (χ3n) is 4.59. The van der Waals surface area contributed by atoms with Gasteiger partial charge in [-0.15, -0.1) is 0 Å². The largest absolute Gasteiger partial charge is 0.379 e. The lowest BCUT2D eigenvalue weighted by molar-refractivity contribution is 0.0137. The van der Waals surface area contributed by atoms with Crippen LogP contribution in [0.3, 0.4) is 0 Å². The predicted octanol–water partition coefficient (Wildman–Crippen LogP) is 2.08. The zero-order valence-electron chi connectivity index (χ0n) is 14.1. The van der Waals surface area contributed by atoms with Gasteiger partial charge in [-0.25, -0.2) is 9.97 Å². The van der Waals surface area contributed by atoms with Gasteiger partial charge >= 0.3 is 0 Å². The number of ether oxygens (including phenoxy) is 1. The van der Waals surface area contributed by atoms with E-state index in [4.69, 9.17) is 9.72 Å². The molecule has 0 radical (unpaired) electrons. The number of nitrogens with zero attached hydrogens (tertiary/aromatic N) is 4. The van der Waals surface area contributed by atoms with Crippen molar-refractivity contribution >= 4 is 5.82 Å². The van der Waals surface area contributed by atoms with E-state index in [0.717, 1.165) is 51.0 Å². The highest BCUT2D eigenvalue weighted by Gasteiger charge is 2.28. The Morgan fingerprint density at radius 3 is 2.68 bits per heavy atom. The summed E-state index contributed by atoms with van der Waals surface area (Å²) in [5.41, 5.74) is -0.00456. The molecule has 1 aromatic heterocycles. The Morgan fingerprint density at radius 2 is 1.95 bits per heavy atom. The van der Waals surface area contributed by atoms with Crippen LogP contribution in [0.5, 0.6) is 0 Å². The molecule has 5 heteroatoms. The van der Waals surface area contributed by atoms with Crippen LogP contribution < -0.4 is 4.90 Å². The van der Waals surface area contributed by atoms with Crippen molar-refractivity contribution in [2.45, 2.75) is 45.1 Å². The minimum absolute atomic E-state index is 0.00456. The molecule has 3 heterocycles. The Hall–Kier alpha value is -1.20. The maximum absolute atomic E-state index is 5.48. The summed E-state index contributed by atoms with van der Waals surface area (Å²) in [5, 5.41) is 0. The van der Waals surface area contributed by atoms with Crippen LogP contribution in [0.25, 0.3) is 0 Å². The van der Waals surface area contributed by atoms with Crippen molar-refractivity contribution in [1.82, 2.24) is 14.9 Å². The first kappa shape index (κ1) is 15.7. The number of rotatable bonds is 2. The molecule has 2 aliphatic rings. The zero-order valence-corrected chi connectivity index (χ0v) is 14.1. The van der Waals surface area contributed by atoms with Crippen LogP contribution in [0.1, 0.15) is 39.4 Å². The quantitative estimate of drug-likeness (QED) is 0.837. The first-order chi connectivity index (χ1) is 10.5. The van der Waals surface area contributed by atoms with Crippen LogP contribution in [-0.4, -0.2) is 60.3 Å². The molecule has 2 aliphatic heterocycles. The summed E-state index contributed by atoms with van der Waals surface area (Å²) >= 11 is 0. The topological polar surface area (TPSA) is 41.5 Å². The molecule has 0 aromatic carbocycles. The molecule has 0 amide bonds. The third kappa shape index (κ3) is 3.58. The van der Waals surface area contributed by atoms with Crippen LogP contribution in [0.2, 0.25) is 0 Å². The molecule has 2 saturated heterocycles. The van der Waals surface area contributed by atoms with E-state index in [1.807, 2.05) is 6.20 Å². The molecule has 1 atom stereocenters. The lowest BCUT2D eigenvalue weighted by atomic mass is 9.96. The van der Waals surface area contributed by atoms with E-state index in [1.54, 1.807) is 0 Å². The maximum atomic E-state index is 5.48. The van der Waals surface area contributed by atoms with Crippen LogP contribution in [0, 0.1) is 0 Å². The molecule has 5 nitrogen and oxygen atoms in total. The van der Waals surface area contributed by atoms with Gasteiger partial charge in [-0.1, -0.05) is 20.8 Å². The molecule has 0 aliphatic carbocycles. The standard InChI is InChI=1S/C17H28N4O/c1-17(2,3)16-18-7-6-15(19-16)21-8-4-5-14(13-21)20-9-11-22-12-10-20/h6-7,14H,4-5,8-13H2,1-3H3. The third-order valence-corrected chi connectivity index (χ3v) is 4.59. The van der Waals surface area contributed by atoms with Gasteiger partial charge in [-0.05, 0) is 18.9 Å². The SMILES string of the molecule is CC(C)(C)c1nccc(N2CCCC(N3CCOCC3)C2)n1. The van der Waals surface area contributed by atoms with Crippen molar-refractivity contribution in [3.63, 3.8) is 0 Å². The second-order valence-corrected chi connectivity index (χ2v) is 7.38. The van der Waals surface area contributed by atoms with E-state index in [1.165, 1.54) is 12.8 Å². The van der Waals surface area contributed by atoms with Crippen LogP contribution in [0.4, 0.5) is 5.82 Å². The van der Waals surface area contributed by atoms with Crippen LogP contribution >= 0.6 is 0 Å². The van der Waals surface area contributed by atoms with Crippen molar-refractivity contribution in [1.29, 1.82) is 0 Å². The lowest BCUT2D eigenvalue weighted by Gasteiger charge is -2.41. The van der Waals surface area contributed by atoms with Gasteiger partial charge in [0.05, 0.1) is 13.2 Å². The highest BCUT2D eigenvalue weighted by atomic mass is 16.5. The Bertz CT molecular complexity index is 494. The molecule has 3 rings (SSSR count). The summed E-state index contributed by atoms with van der Waals surface area (Å²) in [6.07, 6.45) is 4.42. The number of aromatic nitrogens is 2. The molecule has 0 spiro atoms. The number of hydrogen-bond donors (Lipinski definition) is 0. The van der Waals surface area contributed by atoms with Crippen molar-refractivity contribution < 1.29 is 4.74 Å². The van der Waals surface area contributed by atoms with E-state index >= 15 is 0 Å². The minimum Gasteiger partial charge on any atom is -0.379 e. The van der Waals surface area contributed by atoms with Gasteiger partial charge in [0.15, 0.2) is 0 Å². The van der Waals surface area contributed by atoms with E-state index in [2.05, 4.69) is 41.6 Å². The van der Waals surface area contributed by atoms with Gasteiger partial charge in [-0.2, -0.15) is 0 Å². The van der Waals surface area contributed by atoms with Gasteiger partial charge in [0.2, 0.25) is 0 Å². The highest BCUT2D eigenvalue weighted by molar-refractivity contribution is 5.39. The van der Waals surface area contributed by atoms with Gasteiger partial charge < -0.3 is 9.64 Å². The molecule has 0 N–H and O–H groups in total. The lowest BCUT2D eigenvalue weighted by Crippen LogP contribution is -2.51. The van der Waals surface area contributed by atoms with E-state index < -0.39 is 0 Å². The molecular weight excluding hydrogens is 276 g/mol. The average Bonchev–Trinajstić information content (AvgIpc) is 2.55. The fourth-order valence-corrected chi connectivity index (χ4v) is 3.29. The van der Waals surface area contributed by atoms with E-state index in [0.29, 0.717) is 6.04 Å². The summed E-state index contributed by atoms with van der Waals surface area (Å²) in [4.78, 5) is 14.3. The van der Waals surface area contributed by atoms with E-state index in [-0.39, 0.29) is 5.41 Å². The summed E-state index contributed by atoms with van der Waals surface area (Å²) in [6, 6.07) is 2.68. The first-order valence-electron chi connectivity index (χ1n) is 8.44. The molecule has 22 heavy (non-hydrogen) atoms. The van der Waals surface area contributed by atoms with Crippen LogP contribution in [-0.2, 0) is 10.2 Å². The Morgan fingerprint density at radius 1 is 1.18 bits per heavy atom. The fraction of sp³-hybridized carbons (Fsp3) is 0.765. The van der Waals surface area contributed by atoms with Gasteiger partial charge in [0, 0.05) is 43.8 Å². The molecule has 1 unspecified atom stereocenters. The molecular formula is C17H28N4O. The Labute approximate surface area is 133 Å². The fourth-order valence-electron chi connectivity index (χ4n) is 3.29. The molecule has 122 valence electrons. The van der Waals surface area contributed by atoms with E-state index in [9.17, 15) is 0 Å². The maximum Gasteiger partial charge on any atom is 0.135 e. The summed E-state index contributed by atoms with van der Waals surface area (Å²) in [7, 11) is 0. The number of hydrogen-bond acceptors (Lipinski definition) is 5. The summed E-state index contributed by atoms with van der Waals surface area (Å²) in [5.74, 6) is 2.01. The smallest absolute Gasteiger partial charge is 0.135 e.